The van der Waals surface area contributed by atoms with E-state index in [-0.39, 0.29) is 30.4 Å². The second kappa shape index (κ2) is 6.65. The molecule has 1 saturated carbocycles. The molecule has 114 valence electrons. The average molecular weight is 297 g/mol. The third-order valence-corrected chi connectivity index (χ3v) is 3.80. The monoisotopic (exact) mass is 297 g/mol. The molecule has 21 heavy (non-hydrogen) atoms. The molecule has 2 N–H and O–H groups in total. The molecule has 0 saturated heterocycles. The van der Waals surface area contributed by atoms with Crippen LogP contribution in [-0.2, 0) is 16.0 Å². The molecular weight excluding hydrogens is 280 g/mol. The molecule has 0 bridgehead atoms. The zero-order valence-electron chi connectivity index (χ0n) is 11.4. The van der Waals surface area contributed by atoms with Crippen LogP contribution >= 0.6 is 0 Å². The van der Waals surface area contributed by atoms with Crippen LogP contribution in [0.25, 0.3) is 0 Å². The van der Waals surface area contributed by atoms with E-state index in [0.717, 1.165) is 6.07 Å². The highest BCUT2D eigenvalue weighted by molar-refractivity contribution is 5.77. The van der Waals surface area contributed by atoms with Gasteiger partial charge < -0.3 is 10.4 Å². The summed E-state index contributed by atoms with van der Waals surface area (Å²) in [5.41, 5.74) is 0.167. The molecule has 1 aromatic rings. The molecule has 2 atom stereocenters. The van der Waals surface area contributed by atoms with Crippen LogP contribution < -0.4 is 5.32 Å². The lowest BCUT2D eigenvalue weighted by Gasteiger charge is -2.12. The second-order valence-electron chi connectivity index (χ2n) is 5.33. The maximum Gasteiger partial charge on any atom is 0.306 e. The molecule has 6 heteroatoms. The van der Waals surface area contributed by atoms with Crippen molar-refractivity contribution >= 4 is 11.9 Å². The number of aryl methyl sites for hydroxylation is 1. The van der Waals surface area contributed by atoms with E-state index in [2.05, 4.69) is 5.32 Å². The lowest BCUT2D eigenvalue weighted by Crippen LogP contribution is -2.33. The predicted molar refractivity (Wildman–Crippen MR) is 71.6 cm³/mol. The van der Waals surface area contributed by atoms with E-state index in [1.54, 1.807) is 0 Å². The molecule has 1 fully saturated rings. The molecule has 0 aliphatic heterocycles. The molecule has 1 aliphatic carbocycles. The number of carboxylic acid groups (broad SMARTS) is 1. The Bertz CT molecular complexity index is 548. The highest BCUT2D eigenvalue weighted by Crippen LogP contribution is 2.25. The molecule has 0 unspecified atom stereocenters. The third kappa shape index (κ3) is 4.00. The van der Waals surface area contributed by atoms with Crippen LogP contribution in [0.15, 0.2) is 18.2 Å². The van der Waals surface area contributed by atoms with Gasteiger partial charge in [0.15, 0.2) is 11.6 Å². The SMILES string of the molecule is O=C(CCc1cccc(F)c1F)N[C@@H]1CC[C@H](C(=O)O)C1. The summed E-state index contributed by atoms with van der Waals surface area (Å²) in [4.78, 5) is 22.6. The number of hydrogen-bond acceptors (Lipinski definition) is 2. The average Bonchev–Trinajstić information content (AvgIpc) is 2.89. The van der Waals surface area contributed by atoms with Crippen molar-refractivity contribution < 1.29 is 23.5 Å². The Labute approximate surface area is 121 Å². The number of hydrogen-bond donors (Lipinski definition) is 2. The van der Waals surface area contributed by atoms with Gasteiger partial charge in [0, 0.05) is 12.5 Å². The topological polar surface area (TPSA) is 66.4 Å². The second-order valence-corrected chi connectivity index (χ2v) is 5.33. The maximum atomic E-state index is 13.4. The minimum atomic E-state index is -0.923. The van der Waals surface area contributed by atoms with E-state index in [0.29, 0.717) is 19.3 Å². The van der Waals surface area contributed by atoms with Gasteiger partial charge in [-0.05, 0) is 37.3 Å². The number of carboxylic acids is 1. The summed E-state index contributed by atoms with van der Waals surface area (Å²) in [6.07, 6.45) is 1.78. The summed E-state index contributed by atoms with van der Waals surface area (Å²) in [5.74, 6) is -3.36. The van der Waals surface area contributed by atoms with Crippen LogP contribution in [0, 0.1) is 17.6 Å². The summed E-state index contributed by atoms with van der Waals surface area (Å²) < 4.78 is 26.4. The number of nitrogens with one attached hydrogen (secondary N) is 1. The van der Waals surface area contributed by atoms with E-state index < -0.39 is 23.5 Å². The van der Waals surface area contributed by atoms with Crippen molar-refractivity contribution in [3.05, 3.63) is 35.4 Å². The van der Waals surface area contributed by atoms with Gasteiger partial charge in [0.05, 0.1) is 5.92 Å². The Morgan fingerprint density at radius 3 is 2.71 bits per heavy atom. The number of amides is 1. The van der Waals surface area contributed by atoms with Gasteiger partial charge in [-0.3, -0.25) is 9.59 Å². The normalized spacial score (nSPS) is 21.2. The largest absolute Gasteiger partial charge is 0.481 e. The van der Waals surface area contributed by atoms with E-state index >= 15 is 0 Å². The first-order valence-corrected chi connectivity index (χ1v) is 6.92. The molecule has 0 heterocycles. The van der Waals surface area contributed by atoms with Crippen LogP contribution in [0.4, 0.5) is 8.78 Å². The van der Waals surface area contributed by atoms with Crippen molar-refractivity contribution in [2.45, 2.75) is 38.1 Å². The fourth-order valence-corrected chi connectivity index (χ4v) is 2.63. The van der Waals surface area contributed by atoms with Crippen LogP contribution in [0.3, 0.4) is 0 Å². The van der Waals surface area contributed by atoms with Crippen LogP contribution in [0.5, 0.6) is 0 Å². The Morgan fingerprint density at radius 2 is 2.05 bits per heavy atom. The molecule has 1 aromatic carbocycles. The van der Waals surface area contributed by atoms with Crippen molar-refractivity contribution in [1.29, 1.82) is 0 Å². The minimum absolute atomic E-state index is 0.0502. The quantitative estimate of drug-likeness (QED) is 0.876. The Balaban J connectivity index is 1.80. The van der Waals surface area contributed by atoms with Crippen LogP contribution in [-0.4, -0.2) is 23.0 Å². The van der Waals surface area contributed by atoms with Gasteiger partial charge in [-0.1, -0.05) is 12.1 Å². The van der Waals surface area contributed by atoms with Gasteiger partial charge in [0.2, 0.25) is 5.91 Å². The number of rotatable bonds is 5. The summed E-state index contributed by atoms with van der Waals surface area (Å²) in [6.45, 7) is 0. The molecule has 4 nitrogen and oxygen atoms in total. The van der Waals surface area contributed by atoms with Crippen molar-refractivity contribution in [2.24, 2.45) is 5.92 Å². The van der Waals surface area contributed by atoms with E-state index in [4.69, 9.17) is 5.11 Å². The smallest absolute Gasteiger partial charge is 0.306 e. The first-order valence-electron chi connectivity index (χ1n) is 6.92. The number of aliphatic carboxylic acids is 1. The lowest BCUT2D eigenvalue weighted by molar-refractivity contribution is -0.141. The van der Waals surface area contributed by atoms with Crippen LogP contribution in [0.1, 0.15) is 31.2 Å². The number of halogens is 2. The molecule has 0 aromatic heterocycles. The molecular formula is C15H17F2NO3. The summed E-state index contributed by atoms with van der Waals surface area (Å²) in [7, 11) is 0. The highest BCUT2D eigenvalue weighted by atomic mass is 19.2. The molecule has 1 aliphatic rings. The Hall–Kier alpha value is -1.98. The van der Waals surface area contributed by atoms with Gasteiger partial charge in [-0.15, -0.1) is 0 Å². The molecule has 0 radical (unpaired) electrons. The fourth-order valence-electron chi connectivity index (χ4n) is 2.63. The Morgan fingerprint density at radius 1 is 1.29 bits per heavy atom. The number of carbonyl (C=O) groups is 2. The standard InChI is InChI=1S/C15H17F2NO3/c16-12-3-1-2-9(14(12)17)5-7-13(19)18-11-6-4-10(8-11)15(20)21/h1-3,10-11H,4-8H2,(H,18,19)(H,20,21)/t10-,11+/m0/s1. The third-order valence-electron chi connectivity index (χ3n) is 3.80. The van der Waals surface area contributed by atoms with Crippen molar-refractivity contribution in [3.8, 4) is 0 Å². The summed E-state index contributed by atoms with van der Waals surface area (Å²) in [6, 6.07) is 3.74. The van der Waals surface area contributed by atoms with Gasteiger partial charge in [-0.2, -0.15) is 0 Å². The highest BCUT2D eigenvalue weighted by Gasteiger charge is 2.30. The number of benzene rings is 1. The maximum absolute atomic E-state index is 13.4. The summed E-state index contributed by atoms with van der Waals surface area (Å²) >= 11 is 0. The van der Waals surface area contributed by atoms with Gasteiger partial charge in [-0.25, -0.2) is 8.78 Å². The Kier molecular flexibility index (Phi) is 4.88. The van der Waals surface area contributed by atoms with Gasteiger partial charge in [0.25, 0.3) is 0 Å². The molecule has 1 amide bonds. The van der Waals surface area contributed by atoms with Gasteiger partial charge >= 0.3 is 5.97 Å². The number of carbonyl (C=O) groups excluding carboxylic acids is 1. The van der Waals surface area contributed by atoms with E-state index in [1.165, 1.54) is 12.1 Å². The van der Waals surface area contributed by atoms with Crippen molar-refractivity contribution in [2.75, 3.05) is 0 Å². The van der Waals surface area contributed by atoms with Crippen molar-refractivity contribution in [3.63, 3.8) is 0 Å². The van der Waals surface area contributed by atoms with Gasteiger partial charge in [0.1, 0.15) is 0 Å². The molecule has 0 spiro atoms. The lowest BCUT2D eigenvalue weighted by atomic mass is 10.1. The summed E-state index contributed by atoms with van der Waals surface area (Å²) in [5, 5.41) is 11.6. The zero-order chi connectivity index (χ0) is 15.4. The molecule has 2 rings (SSSR count). The zero-order valence-corrected chi connectivity index (χ0v) is 11.4. The van der Waals surface area contributed by atoms with Crippen LogP contribution in [0.2, 0.25) is 0 Å². The predicted octanol–water partition coefficient (Wildman–Crippen LogP) is 2.27. The first-order chi connectivity index (χ1) is 9.97. The minimum Gasteiger partial charge on any atom is -0.481 e. The fraction of sp³-hybridized carbons (Fsp3) is 0.467. The van der Waals surface area contributed by atoms with E-state index in [1.807, 2.05) is 0 Å². The van der Waals surface area contributed by atoms with Crippen molar-refractivity contribution in [1.82, 2.24) is 5.32 Å². The first kappa shape index (κ1) is 15.4. The van der Waals surface area contributed by atoms with E-state index in [9.17, 15) is 18.4 Å².